The molecule has 68 heavy (non-hydrogen) atoms. The van der Waals surface area contributed by atoms with Crippen molar-refractivity contribution in [3.63, 3.8) is 0 Å². The molecule has 0 amide bonds. The Kier molecular flexibility index (Phi) is 16.9. The van der Waals surface area contributed by atoms with E-state index >= 15 is 0 Å². The van der Waals surface area contributed by atoms with E-state index in [0.717, 1.165) is 79.6 Å². The Morgan fingerprint density at radius 2 is 1.63 bits per heavy atom. The van der Waals surface area contributed by atoms with Gasteiger partial charge in [-0.1, -0.05) is 42.5 Å². The molecule has 16 heteroatoms. The number of hydrogen-bond donors (Lipinski definition) is 0. The fourth-order valence-corrected chi connectivity index (χ4v) is 9.42. The van der Waals surface area contributed by atoms with Crippen molar-refractivity contribution in [3.8, 4) is 5.69 Å². The Bertz CT molecular complexity index is 2590. The van der Waals surface area contributed by atoms with Gasteiger partial charge < -0.3 is 24.1 Å². The van der Waals surface area contributed by atoms with E-state index in [9.17, 15) is 32.3 Å². The molecular formula is C52H61F3N8O5. The molecule has 0 bridgehead atoms. The van der Waals surface area contributed by atoms with Crippen LogP contribution in [0.15, 0.2) is 100 Å². The summed E-state index contributed by atoms with van der Waals surface area (Å²) in [6, 6.07) is 22.7. The molecule has 7 rings (SSSR count). The van der Waals surface area contributed by atoms with E-state index in [1.54, 1.807) is 18.5 Å². The first-order valence-electron chi connectivity index (χ1n) is 23.3. The molecule has 0 radical (unpaired) electrons. The van der Waals surface area contributed by atoms with Crippen molar-refractivity contribution in [3.05, 3.63) is 135 Å². The van der Waals surface area contributed by atoms with Crippen molar-refractivity contribution in [1.82, 2.24) is 23.7 Å². The summed E-state index contributed by atoms with van der Waals surface area (Å²) >= 11 is 0. The number of likely N-dealkylation sites (tertiary alicyclic amines) is 1. The van der Waals surface area contributed by atoms with Gasteiger partial charge in [0.15, 0.2) is 0 Å². The number of halogens is 3. The number of rotatable bonds is 22. The molecule has 0 aliphatic carbocycles. The van der Waals surface area contributed by atoms with Crippen molar-refractivity contribution < 1.29 is 32.3 Å². The van der Waals surface area contributed by atoms with Gasteiger partial charge in [0.25, 0.3) is 0 Å². The monoisotopic (exact) mass is 934 g/mol. The van der Waals surface area contributed by atoms with Crippen molar-refractivity contribution in [1.29, 1.82) is 0 Å². The molecule has 2 aromatic heterocycles. The summed E-state index contributed by atoms with van der Waals surface area (Å²) in [6.45, 7) is 8.37. The van der Waals surface area contributed by atoms with Crippen molar-refractivity contribution in [2.75, 3.05) is 58.3 Å². The number of aldehydes is 3. The molecule has 5 aromatic rings. The van der Waals surface area contributed by atoms with Crippen LogP contribution >= 0.6 is 0 Å². The maximum atomic E-state index is 14.5. The fourth-order valence-electron chi connectivity index (χ4n) is 9.42. The molecule has 1 atom stereocenters. The summed E-state index contributed by atoms with van der Waals surface area (Å²) < 4.78 is 52.2. The summed E-state index contributed by atoms with van der Waals surface area (Å²) in [7, 11) is 3.69. The summed E-state index contributed by atoms with van der Waals surface area (Å²) in [5, 5.41) is 7.23. The molecule has 3 aromatic carbocycles. The number of ether oxygens (including phenoxy) is 1. The highest BCUT2D eigenvalue weighted by Gasteiger charge is 2.35. The van der Waals surface area contributed by atoms with Gasteiger partial charge in [-0.05, 0) is 116 Å². The van der Waals surface area contributed by atoms with E-state index in [1.807, 2.05) is 48.2 Å². The van der Waals surface area contributed by atoms with Crippen LogP contribution in [0.4, 0.5) is 18.9 Å². The summed E-state index contributed by atoms with van der Waals surface area (Å²) in [4.78, 5) is 56.4. The molecule has 2 saturated heterocycles. The highest BCUT2D eigenvalue weighted by Crippen LogP contribution is 2.35. The van der Waals surface area contributed by atoms with Crippen LogP contribution in [0.5, 0.6) is 0 Å². The number of hydrogen-bond acceptors (Lipinski definition) is 10. The summed E-state index contributed by atoms with van der Waals surface area (Å²) in [5.74, 6) is 0.355. The van der Waals surface area contributed by atoms with E-state index < -0.39 is 17.4 Å². The Balaban J connectivity index is 0.877. The van der Waals surface area contributed by atoms with E-state index in [1.165, 1.54) is 39.8 Å². The van der Waals surface area contributed by atoms with Crippen LogP contribution in [0.3, 0.4) is 0 Å². The van der Waals surface area contributed by atoms with E-state index in [4.69, 9.17) is 4.74 Å². The van der Waals surface area contributed by atoms with Gasteiger partial charge in [-0.25, -0.2) is 4.79 Å². The average molecular weight is 935 g/mol. The van der Waals surface area contributed by atoms with Gasteiger partial charge >= 0.3 is 11.9 Å². The minimum atomic E-state index is -4.66. The second-order valence-corrected chi connectivity index (χ2v) is 18.0. The Morgan fingerprint density at radius 1 is 0.868 bits per heavy atom. The van der Waals surface area contributed by atoms with Crippen LogP contribution in [-0.2, 0) is 46.4 Å². The number of likely N-dealkylation sites (N-methyl/N-ethyl adjacent to an activating group) is 2. The van der Waals surface area contributed by atoms with Gasteiger partial charge in [0.1, 0.15) is 25.2 Å². The van der Waals surface area contributed by atoms with Gasteiger partial charge in [-0.15, -0.1) is 5.10 Å². The van der Waals surface area contributed by atoms with Crippen LogP contribution in [0.2, 0.25) is 0 Å². The molecule has 4 heterocycles. The number of alkyl halides is 3. The average Bonchev–Trinajstić information content (AvgIpc) is 3.68. The van der Waals surface area contributed by atoms with Crippen molar-refractivity contribution in [2.45, 2.75) is 88.7 Å². The van der Waals surface area contributed by atoms with Gasteiger partial charge in [0.05, 0.1) is 35.5 Å². The Labute approximate surface area is 395 Å². The predicted octanol–water partition coefficient (Wildman–Crippen LogP) is 7.63. The smallest absolute Gasteiger partial charge is 0.378 e. The van der Waals surface area contributed by atoms with Gasteiger partial charge in [-0.3, -0.25) is 23.6 Å². The number of aromatic nitrogens is 2. The van der Waals surface area contributed by atoms with E-state index in [0.29, 0.717) is 74.8 Å². The van der Waals surface area contributed by atoms with Gasteiger partial charge in [0.2, 0.25) is 0 Å². The lowest BCUT2D eigenvalue weighted by Gasteiger charge is -2.34. The minimum absolute atomic E-state index is 0.0541. The number of anilines is 1. The third-order valence-electron chi connectivity index (χ3n) is 13.4. The number of carbonyl (C=O) groups excluding carboxylic acids is 3. The first-order valence-corrected chi connectivity index (χ1v) is 23.3. The molecule has 2 aliphatic heterocycles. The third kappa shape index (κ3) is 12.6. The third-order valence-corrected chi connectivity index (χ3v) is 13.4. The van der Waals surface area contributed by atoms with Crippen LogP contribution in [0.25, 0.3) is 11.2 Å². The van der Waals surface area contributed by atoms with Crippen molar-refractivity contribution >= 4 is 43.1 Å². The fraction of sp³-hybridized carbons (Fsp3) is 0.423. The highest BCUT2D eigenvalue weighted by atomic mass is 19.4. The van der Waals surface area contributed by atoms with Gasteiger partial charge in [-0.2, -0.15) is 18.3 Å². The molecule has 2 aliphatic rings. The number of fused-ring (bicyclic) bond motifs is 1. The van der Waals surface area contributed by atoms with Gasteiger partial charge in [0, 0.05) is 89.6 Å². The lowest BCUT2D eigenvalue weighted by Crippen LogP contribution is -2.37. The highest BCUT2D eigenvalue weighted by molar-refractivity contribution is 5.77. The molecule has 360 valence electrons. The van der Waals surface area contributed by atoms with E-state index in [2.05, 4.69) is 57.1 Å². The summed E-state index contributed by atoms with van der Waals surface area (Å²) in [6.07, 6.45) is 7.90. The molecule has 0 N–H and O–H groups in total. The van der Waals surface area contributed by atoms with Crippen LogP contribution < -0.4 is 10.6 Å². The number of imidazole rings is 1. The first kappa shape index (κ1) is 49.7. The van der Waals surface area contributed by atoms with E-state index in [-0.39, 0.29) is 24.2 Å². The lowest BCUT2D eigenvalue weighted by molar-refractivity contribution is -0.136. The molecule has 2 fully saturated rings. The zero-order valence-corrected chi connectivity index (χ0v) is 38.9. The Hall–Kier alpha value is -6.23. The van der Waals surface area contributed by atoms with Crippen LogP contribution in [0, 0.1) is 0 Å². The maximum Gasteiger partial charge on any atom is 0.418 e. The lowest BCUT2D eigenvalue weighted by atomic mass is 9.87. The zero-order valence-electron chi connectivity index (χ0n) is 38.9. The second kappa shape index (κ2) is 23.2. The number of carbonyl (C=O) groups is 3. The van der Waals surface area contributed by atoms with Crippen molar-refractivity contribution in [2.24, 2.45) is 10.2 Å². The normalized spacial score (nSPS) is 15.9. The molecule has 1 unspecified atom stereocenters. The number of pyridine rings is 1. The standard InChI is InChI=1S/C52H61F3N8O5/c1-56-57-37-58(2)21-15-39-6-4-7-46(28-39)62-34-50-49(52(53,54)55)29-40(32-63(50)51(62)67)31-60-22-18-48(19-23-60)68-27-20-38-9-13-45(14-10-38)61-24-16-41(17-25-61)42-11-12-43(35-65)44(30-42)33-59(3)47(36-66)8-5-26-64/h4,6-7,9-14,26,28-30,32,34-37,41,47-48H,1,5,8,15-25,27,31,33H2,2-3H3/b57-37-. The SMILES string of the molecule is C=N/N=C\N(C)CCc1cccc(-n2cc3c(C(F)(F)F)cc(CN4CCC(OCCc5ccc(N6CCC(c7ccc(C=O)c(CN(C)C(C=O)CCC=O)c7)CC6)cc5)CC4)cn3c2=O)c1. The largest absolute Gasteiger partial charge is 0.418 e. The number of nitrogens with zero attached hydrogens (tertiary/aromatic N) is 8. The maximum absolute atomic E-state index is 14.5. The molecule has 0 spiro atoms. The predicted molar refractivity (Wildman–Crippen MR) is 259 cm³/mol. The first-order chi connectivity index (χ1) is 32.9. The number of piperidine rings is 2. The Morgan fingerprint density at radius 3 is 2.32 bits per heavy atom. The van der Waals surface area contributed by atoms with Crippen LogP contribution in [-0.4, -0.2) is 121 Å². The summed E-state index contributed by atoms with van der Waals surface area (Å²) in [5.41, 5.74) is 5.27. The molecule has 13 nitrogen and oxygen atoms in total. The quantitative estimate of drug-likeness (QED) is 0.0299. The topological polar surface area (TPSA) is 125 Å². The zero-order chi connectivity index (χ0) is 48.2. The molecule has 0 saturated carbocycles. The van der Waals surface area contributed by atoms with Crippen LogP contribution in [0.1, 0.15) is 88.2 Å². The minimum Gasteiger partial charge on any atom is -0.378 e. The second-order valence-electron chi connectivity index (χ2n) is 18.0. The number of benzene rings is 3. The molecular weight excluding hydrogens is 874 g/mol.